The Morgan fingerprint density at radius 1 is 1.25 bits per heavy atom. The standard InChI is InChI=1S/C15H21NO4/c17-12-9-13(20-15(19)10-12)6-7-16-14(18)8-11-4-2-1-3-5-11/h1-5,12-13,15,17,19H,6-10H2,(H,16,18)/t12-,13-,15?/m1/s1. The van der Waals surface area contributed by atoms with Crippen molar-refractivity contribution in [1.82, 2.24) is 5.32 Å². The quantitative estimate of drug-likeness (QED) is 0.737. The van der Waals surface area contributed by atoms with Gasteiger partial charge in [0, 0.05) is 13.0 Å². The number of carbonyl (C=O) groups is 1. The summed E-state index contributed by atoms with van der Waals surface area (Å²) in [5, 5.41) is 21.7. The second-order valence-electron chi connectivity index (χ2n) is 5.14. The van der Waals surface area contributed by atoms with Gasteiger partial charge in [0.25, 0.3) is 0 Å². The molecule has 5 nitrogen and oxygen atoms in total. The lowest BCUT2D eigenvalue weighted by atomic mass is 10.0. The van der Waals surface area contributed by atoms with Crippen LogP contribution in [0.5, 0.6) is 0 Å². The smallest absolute Gasteiger partial charge is 0.224 e. The molecule has 3 atom stereocenters. The van der Waals surface area contributed by atoms with Crippen LogP contribution in [0.3, 0.4) is 0 Å². The molecule has 20 heavy (non-hydrogen) atoms. The highest BCUT2D eigenvalue weighted by Gasteiger charge is 2.26. The fraction of sp³-hybridized carbons (Fsp3) is 0.533. The molecule has 0 radical (unpaired) electrons. The molecule has 0 saturated carbocycles. The van der Waals surface area contributed by atoms with Crippen molar-refractivity contribution in [2.75, 3.05) is 6.54 Å². The number of nitrogens with one attached hydrogen (secondary N) is 1. The maximum Gasteiger partial charge on any atom is 0.224 e. The first-order valence-corrected chi connectivity index (χ1v) is 6.95. The van der Waals surface area contributed by atoms with Gasteiger partial charge in [0.2, 0.25) is 5.91 Å². The highest BCUT2D eigenvalue weighted by Crippen LogP contribution is 2.19. The minimum atomic E-state index is -0.899. The molecule has 0 aliphatic carbocycles. The number of amides is 1. The lowest BCUT2D eigenvalue weighted by molar-refractivity contribution is -0.189. The number of aliphatic hydroxyl groups excluding tert-OH is 2. The molecule has 0 spiro atoms. The van der Waals surface area contributed by atoms with Gasteiger partial charge in [0.15, 0.2) is 6.29 Å². The lowest BCUT2D eigenvalue weighted by Crippen LogP contribution is -2.38. The summed E-state index contributed by atoms with van der Waals surface area (Å²) in [4.78, 5) is 11.7. The van der Waals surface area contributed by atoms with Gasteiger partial charge in [-0.15, -0.1) is 0 Å². The second kappa shape index (κ2) is 7.38. The summed E-state index contributed by atoms with van der Waals surface area (Å²) < 4.78 is 5.30. The van der Waals surface area contributed by atoms with E-state index >= 15 is 0 Å². The Hall–Kier alpha value is -1.43. The predicted octanol–water partition coefficient (Wildman–Crippen LogP) is 0.594. The van der Waals surface area contributed by atoms with Gasteiger partial charge in [0.1, 0.15) is 0 Å². The zero-order chi connectivity index (χ0) is 14.4. The molecule has 1 aliphatic rings. The molecule has 1 saturated heterocycles. The number of hydrogen-bond donors (Lipinski definition) is 3. The molecule has 1 aromatic carbocycles. The van der Waals surface area contributed by atoms with E-state index in [1.54, 1.807) is 0 Å². The van der Waals surface area contributed by atoms with Gasteiger partial charge < -0.3 is 20.3 Å². The van der Waals surface area contributed by atoms with Crippen LogP contribution < -0.4 is 5.32 Å². The Morgan fingerprint density at radius 3 is 2.70 bits per heavy atom. The average molecular weight is 279 g/mol. The molecular weight excluding hydrogens is 258 g/mol. The van der Waals surface area contributed by atoms with Gasteiger partial charge >= 0.3 is 0 Å². The minimum Gasteiger partial charge on any atom is -0.393 e. The molecule has 3 N–H and O–H groups in total. The SMILES string of the molecule is O=C(Cc1ccccc1)NCC[C@@H]1C[C@@H](O)CC(O)O1. The van der Waals surface area contributed by atoms with Crippen molar-refractivity contribution >= 4 is 5.91 Å². The normalized spacial score (nSPS) is 26.2. The van der Waals surface area contributed by atoms with Gasteiger partial charge in [-0.05, 0) is 18.4 Å². The van der Waals surface area contributed by atoms with E-state index in [2.05, 4.69) is 5.32 Å². The number of ether oxygens (including phenoxy) is 1. The molecule has 1 amide bonds. The minimum absolute atomic E-state index is 0.0342. The molecule has 2 rings (SSSR count). The summed E-state index contributed by atoms with van der Waals surface area (Å²) in [6, 6.07) is 9.55. The van der Waals surface area contributed by atoms with Crippen molar-refractivity contribution in [3.8, 4) is 0 Å². The van der Waals surface area contributed by atoms with Crippen molar-refractivity contribution in [3.63, 3.8) is 0 Å². The van der Waals surface area contributed by atoms with E-state index in [4.69, 9.17) is 4.74 Å². The van der Waals surface area contributed by atoms with E-state index in [-0.39, 0.29) is 18.4 Å². The fourth-order valence-corrected chi connectivity index (χ4v) is 2.37. The largest absolute Gasteiger partial charge is 0.393 e. The average Bonchev–Trinajstić information content (AvgIpc) is 2.38. The Balaban J connectivity index is 1.66. The topological polar surface area (TPSA) is 78.8 Å². The van der Waals surface area contributed by atoms with Crippen LogP contribution in [0.25, 0.3) is 0 Å². The van der Waals surface area contributed by atoms with Gasteiger partial charge in [0.05, 0.1) is 18.6 Å². The van der Waals surface area contributed by atoms with Gasteiger partial charge in [-0.1, -0.05) is 30.3 Å². The third kappa shape index (κ3) is 4.92. The summed E-state index contributed by atoms with van der Waals surface area (Å²) in [6.45, 7) is 0.482. The molecule has 110 valence electrons. The summed E-state index contributed by atoms with van der Waals surface area (Å²) in [5.74, 6) is -0.0342. The van der Waals surface area contributed by atoms with Crippen molar-refractivity contribution in [3.05, 3.63) is 35.9 Å². The van der Waals surface area contributed by atoms with Crippen molar-refractivity contribution in [2.45, 2.75) is 44.2 Å². The molecule has 0 aromatic heterocycles. The molecule has 1 fully saturated rings. The first-order chi connectivity index (χ1) is 9.63. The van der Waals surface area contributed by atoms with Gasteiger partial charge in [-0.25, -0.2) is 0 Å². The first-order valence-electron chi connectivity index (χ1n) is 6.95. The number of benzene rings is 1. The number of hydrogen-bond acceptors (Lipinski definition) is 4. The van der Waals surface area contributed by atoms with E-state index in [1.807, 2.05) is 30.3 Å². The summed E-state index contributed by atoms with van der Waals surface area (Å²) in [5.41, 5.74) is 0.977. The third-order valence-corrected chi connectivity index (χ3v) is 3.35. The third-order valence-electron chi connectivity index (χ3n) is 3.35. The zero-order valence-electron chi connectivity index (χ0n) is 11.4. The second-order valence-corrected chi connectivity index (χ2v) is 5.14. The monoisotopic (exact) mass is 279 g/mol. The van der Waals surface area contributed by atoms with Gasteiger partial charge in [-0.3, -0.25) is 4.79 Å². The summed E-state index contributed by atoms with van der Waals surface area (Å²) in [7, 11) is 0. The molecule has 5 heteroatoms. The van der Waals surface area contributed by atoms with Crippen LogP contribution in [-0.4, -0.2) is 41.2 Å². The molecule has 1 unspecified atom stereocenters. The first kappa shape index (κ1) is 15.0. The van der Waals surface area contributed by atoms with E-state index in [1.165, 1.54) is 0 Å². The van der Waals surface area contributed by atoms with E-state index in [0.29, 0.717) is 25.8 Å². The molecular formula is C15H21NO4. The maximum absolute atomic E-state index is 11.7. The van der Waals surface area contributed by atoms with Crippen LogP contribution in [0, 0.1) is 0 Å². The number of aliphatic hydroxyl groups is 2. The molecule has 0 bridgehead atoms. The highest BCUT2D eigenvalue weighted by atomic mass is 16.6. The Labute approximate surface area is 118 Å². The van der Waals surface area contributed by atoms with E-state index in [0.717, 1.165) is 5.56 Å². The highest BCUT2D eigenvalue weighted by molar-refractivity contribution is 5.78. The van der Waals surface area contributed by atoms with Crippen LogP contribution in [0.2, 0.25) is 0 Å². The predicted molar refractivity (Wildman–Crippen MR) is 73.9 cm³/mol. The summed E-state index contributed by atoms with van der Waals surface area (Å²) >= 11 is 0. The number of rotatable bonds is 5. The Bertz CT molecular complexity index is 413. The Kier molecular flexibility index (Phi) is 5.52. The van der Waals surface area contributed by atoms with Crippen LogP contribution in [0.1, 0.15) is 24.8 Å². The molecule has 1 heterocycles. The van der Waals surface area contributed by atoms with E-state index < -0.39 is 12.4 Å². The van der Waals surface area contributed by atoms with Gasteiger partial charge in [-0.2, -0.15) is 0 Å². The Morgan fingerprint density at radius 2 is 2.00 bits per heavy atom. The zero-order valence-corrected chi connectivity index (χ0v) is 11.4. The van der Waals surface area contributed by atoms with Crippen LogP contribution in [0.4, 0.5) is 0 Å². The molecule has 1 aromatic rings. The number of carbonyl (C=O) groups excluding carboxylic acids is 1. The maximum atomic E-state index is 11.7. The van der Waals surface area contributed by atoms with Crippen LogP contribution in [-0.2, 0) is 16.0 Å². The summed E-state index contributed by atoms with van der Waals surface area (Å²) in [6.07, 6.45) is 0.0905. The lowest BCUT2D eigenvalue weighted by Gasteiger charge is -2.30. The van der Waals surface area contributed by atoms with E-state index in [9.17, 15) is 15.0 Å². The fourth-order valence-electron chi connectivity index (χ4n) is 2.37. The van der Waals surface area contributed by atoms with Crippen molar-refractivity contribution < 1.29 is 19.7 Å². The molecule has 1 aliphatic heterocycles. The van der Waals surface area contributed by atoms with Crippen molar-refractivity contribution in [2.24, 2.45) is 0 Å². The van der Waals surface area contributed by atoms with Crippen molar-refractivity contribution in [1.29, 1.82) is 0 Å². The van der Waals surface area contributed by atoms with Crippen LogP contribution >= 0.6 is 0 Å². The van der Waals surface area contributed by atoms with Crippen LogP contribution in [0.15, 0.2) is 30.3 Å².